The molecule has 1 aliphatic carbocycles. The van der Waals surface area contributed by atoms with Crippen LogP contribution in [0.15, 0.2) is 36.4 Å². The number of carbonyl (C=O) groups is 4. The van der Waals surface area contributed by atoms with Gasteiger partial charge in [-0.3, -0.25) is 19.3 Å². The van der Waals surface area contributed by atoms with Crippen LogP contribution in [-0.4, -0.2) is 59.1 Å². The van der Waals surface area contributed by atoms with Gasteiger partial charge >= 0.3 is 5.97 Å². The van der Waals surface area contributed by atoms with Crippen LogP contribution in [0.2, 0.25) is 0 Å². The molecule has 3 fully saturated rings. The van der Waals surface area contributed by atoms with Crippen LogP contribution in [0.4, 0.5) is 5.69 Å². The van der Waals surface area contributed by atoms with Crippen LogP contribution in [0.3, 0.4) is 0 Å². The average Bonchev–Trinajstić information content (AvgIpc) is 3.40. The van der Waals surface area contributed by atoms with Gasteiger partial charge in [0.2, 0.25) is 17.7 Å². The standard InChI is InChI=1S/C27H33N3O6/c1-6-35-24(34)15-8-7-9-17(14-15)30-20(22(32)29-25(2,3)4)27-13-12-26(5,36-27)18(19(27)23(30)33)21(31)28-16-10-11-16/h7-9,12-14,16,18-20H,6,10-11H2,1-5H3,(H,28,31)(H,29,32)/t18-,19-,20+,26+,27-/m1/s1. The predicted molar refractivity (Wildman–Crippen MR) is 131 cm³/mol. The van der Waals surface area contributed by atoms with Gasteiger partial charge in [0, 0.05) is 17.3 Å². The van der Waals surface area contributed by atoms with Crippen molar-refractivity contribution in [2.45, 2.75) is 76.3 Å². The lowest BCUT2D eigenvalue weighted by molar-refractivity contribution is -0.134. The topological polar surface area (TPSA) is 114 Å². The zero-order valence-electron chi connectivity index (χ0n) is 21.3. The van der Waals surface area contributed by atoms with E-state index in [0.29, 0.717) is 5.69 Å². The van der Waals surface area contributed by atoms with Crippen LogP contribution in [0.1, 0.15) is 57.8 Å². The minimum Gasteiger partial charge on any atom is -0.462 e. The number of amides is 3. The second kappa shape index (κ2) is 8.16. The molecular formula is C27H33N3O6. The molecule has 4 aliphatic rings. The van der Waals surface area contributed by atoms with E-state index in [1.165, 1.54) is 4.90 Å². The van der Waals surface area contributed by atoms with Crippen LogP contribution in [0.5, 0.6) is 0 Å². The third-order valence-corrected chi connectivity index (χ3v) is 7.29. The van der Waals surface area contributed by atoms with Gasteiger partial charge in [-0.05, 0) is 65.7 Å². The molecule has 9 heteroatoms. The van der Waals surface area contributed by atoms with E-state index >= 15 is 0 Å². The maximum Gasteiger partial charge on any atom is 0.338 e. The van der Waals surface area contributed by atoms with E-state index in [2.05, 4.69) is 10.6 Å². The number of ether oxygens (including phenoxy) is 2. The third-order valence-electron chi connectivity index (χ3n) is 7.29. The summed E-state index contributed by atoms with van der Waals surface area (Å²) < 4.78 is 11.6. The fourth-order valence-corrected chi connectivity index (χ4v) is 5.77. The smallest absolute Gasteiger partial charge is 0.338 e. The molecule has 5 rings (SSSR count). The summed E-state index contributed by atoms with van der Waals surface area (Å²) >= 11 is 0. The molecule has 36 heavy (non-hydrogen) atoms. The van der Waals surface area contributed by atoms with Crippen molar-refractivity contribution >= 4 is 29.4 Å². The Kier molecular flexibility index (Phi) is 5.55. The van der Waals surface area contributed by atoms with Gasteiger partial charge in [0.05, 0.1) is 29.6 Å². The molecule has 0 radical (unpaired) electrons. The maximum absolute atomic E-state index is 14.2. The van der Waals surface area contributed by atoms with E-state index < -0.39 is 46.5 Å². The number of nitrogens with zero attached hydrogens (tertiary/aromatic N) is 1. The van der Waals surface area contributed by atoms with E-state index in [1.807, 2.05) is 26.8 Å². The fraction of sp³-hybridized carbons (Fsp3) is 0.556. The Morgan fingerprint density at radius 3 is 2.53 bits per heavy atom. The minimum absolute atomic E-state index is 0.119. The molecule has 1 saturated carbocycles. The highest BCUT2D eigenvalue weighted by Gasteiger charge is 2.76. The number of carbonyl (C=O) groups excluding carboxylic acids is 4. The first-order valence-corrected chi connectivity index (χ1v) is 12.5. The third kappa shape index (κ3) is 3.80. The summed E-state index contributed by atoms with van der Waals surface area (Å²) in [6, 6.07) is 5.51. The van der Waals surface area contributed by atoms with Gasteiger partial charge in [-0.15, -0.1) is 0 Å². The van der Waals surface area contributed by atoms with Crippen molar-refractivity contribution in [2.75, 3.05) is 11.5 Å². The molecule has 192 valence electrons. The Morgan fingerprint density at radius 2 is 1.89 bits per heavy atom. The van der Waals surface area contributed by atoms with Crippen molar-refractivity contribution in [2.24, 2.45) is 11.8 Å². The van der Waals surface area contributed by atoms with E-state index in [9.17, 15) is 19.2 Å². The average molecular weight is 496 g/mol. The lowest BCUT2D eigenvalue weighted by Crippen LogP contribution is -2.58. The Bertz CT molecular complexity index is 1170. The molecule has 0 unspecified atom stereocenters. The normalized spacial score (nSPS) is 32.4. The van der Waals surface area contributed by atoms with Crippen LogP contribution in [0, 0.1) is 11.8 Å². The molecule has 3 aliphatic heterocycles. The van der Waals surface area contributed by atoms with E-state index in [-0.39, 0.29) is 30.0 Å². The highest BCUT2D eigenvalue weighted by molar-refractivity contribution is 6.11. The van der Waals surface area contributed by atoms with E-state index in [0.717, 1.165) is 12.8 Å². The monoisotopic (exact) mass is 495 g/mol. The molecule has 2 bridgehead atoms. The summed E-state index contributed by atoms with van der Waals surface area (Å²) in [5.41, 5.74) is -2.25. The zero-order chi connectivity index (χ0) is 26.0. The van der Waals surface area contributed by atoms with Gasteiger partial charge in [0.1, 0.15) is 11.6 Å². The van der Waals surface area contributed by atoms with Crippen molar-refractivity contribution < 1.29 is 28.7 Å². The number of fused-ring (bicyclic) bond motifs is 1. The summed E-state index contributed by atoms with van der Waals surface area (Å²) in [5, 5.41) is 6.01. The Morgan fingerprint density at radius 1 is 1.17 bits per heavy atom. The second-order valence-electron chi connectivity index (χ2n) is 11.3. The molecule has 1 aromatic carbocycles. The summed E-state index contributed by atoms with van der Waals surface area (Å²) in [6.45, 7) is 9.30. The van der Waals surface area contributed by atoms with Crippen LogP contribution in [-0.2, 0) is 23.9 Å². The largest absolute Gasteiger partial charge is 0.462 e. The van der Waals surface area contributed by atoms with Crippen LogP contribution >= 0.6 is 0 Å². The highest BCUT2D eigenvalue weighted by Crippen LogP contribution is 2.60. The van der Waals surface area contributed by atoms with Crippen LogP contribution < -0.4 is 15.5 Å². The lowest BCUT2D eigenvalue weighted by Gasteiger charge is -2.35. The number of rotatable bonds is 6. The van der Waals surface area contributed by atoms with Crippen molar-refractivity contribution in [3.05, 3.63) is 42.0 Å². The summed E-state index contributed by atoms with van der Waals surface area (Å²) in [6.07, 6.45) is 5.42. The number of hydrogen-bond acceptors (Lipinski definition) is 6. The van der Waals surface area contributed by atoms with Crippen LogP contribution in [0.25, 0.3) is 0 Å². The minimum atomic E-state index is -1.31. The molecule has 9 nitrogen and oxygen atoms in total. The summed E-state index contributed by atoms with van der Waals surface area (Å²) in [5.74, 6) is -3.19. The SMILES string of the molecule is CCOC(=O)c1cccc(N2C(=O)[C@H]3[C@H](C(=O)NC4CC4)[C@]4(C)C=C[C@]3(O4)[C@@H]2C(=O)NC(C)(C)C)c1. The number of anilines is 1. The quantitative estimate of drug-likeness (QED) is 0.462. The maximum atomic E-state index is 14.2. The zero-order valence-corrected chi connectivity index (χ0v) is 21.3. The van der Waals surface area contributed by atoms with E-state index in [4.69, 9.17) is 9.47 Å². The number of hydrogen-bond donors (Lipinski definition) is 2. The molecule has 2 saturated heterocycles. The summed E-state index contributed by atoms with van der Waals surface area (Å²) in [4.78, 5) is 55.1. The van der Waals surface area contributed by atoms with Gasteiger partial charge in [0.15, 0.2) is 0 Å². The van der Waals surface area contributed by atoms with Gasteiger partial charge in [-0.25, -0.2) is 4.79 Å². The van der Waals surface area contributed by atoms with Crippen molar-refractivity contribution in [3.63, 3.8) is 0 Å². The molecule has 5 atom stereocenters. The van der Waals surface area contributed by atoms with Gasteiger partial charge in [-0.1, -0.05) is 18.2 Å². The number of esters is 1. The Labute approximate surface area is 210 Å². The van der Waals surface area contributed by atoms with E-state index in [1.54, 1.807) is 44.2 Å². The first kappa shape index (κ1) is 24.5. The predicted octanol–water partition coefficient (Wildman–Crippen LogP) is 2.10. The molecule has 0 aromatic heterocycles. The lowest BCUT2D eigenvalue weighted by atomic mass is 9.70. The second-order valence-corrected chi connectivity index (χ2v) is 11.3. The van der Waals surface area contributed by atoms with Gasteiger partial charge in [-0.2, -0.15) is 0 Å². The fourth-order valence-electron chi connectivity index (χ4n) is 5.77. The Balaban J connectivity index is 1.60. The molecule has 3 amide bonds. The highest BCUT2D eigenvalue weighted by atomic mass is 16.5. The van der Waals surface area contributed by atoms with Gasteiger partial charge in [0.25, 0.3) is 0 Å². The van der Waals surface area contributed by atoms with Crippen molar-refractivity contribution in [3.8, 4) is 0 Å². The first-order valence-electron chi connectivity index (χ1n) is 12.5. The summed E-state index contributed by atoms with van der Waals surface area (Å²) in [7, 11) is 0. The van der Waals surface area contributed by atoms with Crippen molar-refractivity contribution in [1.82, 2.24) is 10.6 Å². The van der Waals surface area contributed by atoms with Gasteiger partial charge < -0.3 is 20.1 Å². The molecule has 3 heterocycles. The molecule has 1 spiro atoms. The number of benzene rings is 1. The van der Waals surface area contributed by atoms with Crippen molar-refractivity contribution in [1.29, 1.82) is 0 Å². The molecule has 2 N–H and O–H groups in total. The Hall–Kier alpha value is -3.20. The molecular weight excluding hydrogens is 462 g/mol. The number of nitrogens with one attached hydrogen (secondary N) is 2. The molecule has 1 aromatic rings. The first-order chi connectivity index (χ1) is 16.9.